The summed E-state index contributed by atoms with van der Waals surface area (Å²) in [6.07, 6.45) is 5.33. The maximum Gasteiger partial charge on any atom is 0.259 e. The molecular formula is C27H28ClN5O4S. The second kappa shape index (κ2) is 11.6. The summed E-state index contributed by atoms with van der Waals surface area (Å²) in [7, 11) is 1.52. The van der Waals surface area contributed by atoms with E-state index >= 15 is 0 Å². The maximum atomic E-state index is 13.4. The molecule has 1 aliphatic carbocycles. The summed E-state index contributed by atoms with van der Waals surface area (Å²) in [5, 5.41) is 6.60. The van der Waals surface area contributed by atoms with Crippen LogP contribution in [-0.2, 0) is 14.4 Å². The first kappa shape index (κ1) is 26.2. The highest BCUT2D eigenvalue weighted by Crippen LogP contribution is 2.34. The number of hydrogen-bond donors (Lipinski definition) is 2. The highest BCUT2D eigenvalue weighted by Gasteiger charge is 2.42. The van der Waals surface area contributed by atoms with E-state index in [4.69, 9.17) is 16.3 Å². The molecule has 0 bridgehead atoms. The van der Waals surface area contributed by atoms with Crippen molar-refractivity contribution in [1.82, 2.24) is 10.2 Å². The van der Waals surface area contributed by atoms with Gasteiger partial charge in [-0.15, -0.1) is 0 Å². The second-order valence-electron chi connectivity index (χ2n) is 9.35. The van der Waals surface area contributed by atoms with E-state index in [0.717, 1.165) is 43.0 Å². The lowest BCUT2D eigenvalue weighted by Crippen LogP contribution is -2.43. The van der Waals surface area contributed by atoms with Crippen molar-refractivity contribution < 1.29 is 19.1 Å². The third-order valence-electron chi connectivity index (χ3n) is 6.66. The molecule has 198 valence electrons. The van der Waals surface area contributed by atoms with Crippen molar-refractivity contribution in [3.63, 3.8) is 0 Å². The molecule has 3 aliphatic rings. The van der Waals surface area contributed by atoms with E-state index in [9.17, 15) is 14.4 Å². The smallest absolute Gasteiger partial charge is 0.259 e. The van der Waals surface area contributed by atoms with Gasteiger partial charge in [-0.25, -0.2) is 9.89 Å². The topological polar surface area (TPSA) is 112 Å². The second-order valence-corrected chi connectivity index (χ2v) is 10.7. The minimum Gasteiger partial charge on any atom is -0.495 e. The van der Waals surface area contributed by atoms with Gasteiger partial charge in [0.1, 0.15) is 17.6 Å². The monoisotopic (exact) mass is 553 g/mol. The van der Waals surface area contributed by atoms with Crippen molar-refractivity contribution in [1.29, 1.82) is 0 Å². The van der Waals surface area contributed by atoms with Gasteiger partial charge in [0.15, 0.2) is 5.17 Å². The van der Waals surface area contributed by atoms with E-state index in [2.05, 4.69) is 20.6 Å². The van der Waals surface area contributed by atoms with Crippen molar-refractivity contribution in [2.45, 2.75) is 50.6 Å². The number of methoxy groups -OCH3 is 1. The summed E-state index contributed by atoms with van der Waals surface area (Å²) in [5.74, 6) is 0.204. The summed E-state index contributed by atoms with van der Waals surface area (Å²) in [4.78, 5) is 49.6. The van der Waals surface area contributed by atoms with Crippen LogP contribution >= 0.6 is 23.4 Å². The summed E-state index contributed by atoms with van der Waals surface area (Å²) in [6, 6.07) is 11.7. The Bertz CT molecular complexity index is 1320. The van der Waals surface area contributed by atoms with Crippen molar-refractivity contribution in [3.8, 4) is 5.75 Å². The average molecular weight is 554 g/mol. The van der Waals surface area contributed by atoms with E-state index in [-0.39, 0.29) is 35.9 Å². The van der Waals surface area contributed by atoms with Gasteiger partial charge in [-0.3, -0.25) is 19.4 Å². The number of thioether (sulfide) groups is 1. The van der Waals surface area contributed by atoms with Crippen LogP contribution in [0.4, 0.5) is 11.4 Å². The number of rotatable bonds is 7. The quantitative estimate of drug-likeness (QED) is 0.523. The molecule has 3 amide bonds. The number of ether oxygens (including phenoxy) is 1. The Kier molecular flexibility index (Phi) is 7.99. The number of nitrogens with zero attached hydrogens (tertiary/aromatic N) is 3. The van der Waals surface area contributed by atoms with Crippen molar-refractivity contribution in [2.24, 2.45) is 9.98 Å². The largest absolute Gasteiger partial charge is 0.495 e. The van der Waals surface area contributed by atoms with E-state index in [1.807, 2.05) is 24.3 Å². The van der Waals surface area contributed by atoms with Crippen LogP contribution in [0.1, 0.15) is 44.1 Å². The van der Waals surface area contributed by atoms with Gasteiger partial charge in [-0.05, 0) is 43.2 Å². The number of benzene rings is 2. The zero-order chi connectivity index (χ0) is 26.6. The Balaban J connectivity index is 1.28. The number of aliphatic imine (C=N–C) groups is 2. The number of carbonyl (C=O) groups is 3. The molecule has 0 spiro atoms. The molecule has 2 heterocycles. The fourth-order valence-corrected chi connectivity index (χ4v) is 5.87. The molecule has 2 aromatic carbocycles. The van der Waals surface area contributed by atoms with Crippen molar-refractivity contribution in [2.75, 3.05) is 18.2 Å². The van der Waals surface area contributed by atoms with E-state index < -0.39 is 6.04 Å². The predicted molar refractivity (Wildman–Crippen MR) is 149 cm³/mol. The molecule has 11 heteroatoms. The summed E-state index contributed by atoms with van der Waals surface area (Å²) in [6.45, 7) is 0. The van der Waals surface area contributed by atoms with Crippen LogP contribution in [0.25, 0.3) is 0 Å². The van der Waals surface area contributed by atoms with Crippen LogP contribution in [0, 0.1) is 0 Å². The number of anilines is 1. The van der Waals surface area contributed by atoms with E-state index in [0.29, 0.717) is 33.2 Å². The Labute approximate surface area is 230 Å². The lowest BCUT2D eigenvalue weighted by molar-refractivity contribution is -0.129. The van der Waals surface area contributed by atoms with Gasteiger partial charge in [-0.2, -0.15) is 0 Å². The van der Waals surface area contributed by atoms with Crippen molar-refractivity contribution in [3.05, 3.63) is 53.1 Å². The fourth-order valence-electron chi connectivity index (χ4n) is 4.81. The zero-order valence-electron chi connectivity index (χ0n) is 20.9. The van der Waals surface area contributed by atoms with Crippen molar-refractivity contribution >= 4 is 63.5 Å². The maximum absolute atomic E-state index is 13.4. The molecule has 1 atom stereocenters. The van der Waals surface area contributed by atoms with Crippen LogP contribution in [0.15, 0.2) is 52.4 Å². The van der Waals surface area contributed by atoms with Crippen LogP contribution in [0.3, 0.4) is 0 Å². The molecular weight excluding hydrogens is 526 g/mol. The first-order chi connectivity index (χ1) is 18.4. The number of fused-ring (bicyclic) bond motifs is 3. The number of para-hydroxylation sites is 1. The first-order valence-electron chi connectivity index (χ1n) is 12.6. The Hall–Kier alpha value is -3.37. The van der Waals surface area contributed by atoms with Gasteiger partial charge in [0.25, 0.3) is 5.91 Å². The SMILES string of the molecule is COc1ccc(NC(=O)CSC2=Nc3ccccc3C3=N[C@@H](CC(=O)NC4CCCCC4)C(=O)N23)cc1Cl. The predicted octanol–water partition coefficient (Wildman–Crippen LogP) is 4.52. The number of carbonyl (C=O) groups excluding carboxylic acids is 3. The van der Waals surface area contributed by atoms with Gasteiger partial charge in [0, 0.05) is 17.3 Å². The molecule has 0 aromatic heterocycles. The molecule has 9 nitrogen and oxygen atoms in total. The highest BCUT2D eigenvalue weighted by atomic mass is 35.5. The third kappa shape index (κ3) is 5.71. The molecule has 2 aliphatic heterocycles. The molecule has 1 fully saturated rings. The standard InChI is InChI=1S/C27H28ClN5O4S/c1-37-22-12-11-17(13-19(22)28)30-24(35)15-38-27-32-20-10-6-5-9-18(20)25-31-21(26(36)33(25)27)14-23(34)29-16-7-3-2-4-8-16/h5-6,9-13,16,21H,2-4,7-8,14-15H2,1H3,(H,29,34)(H,30,35)/t21-/m0/s1. The molecule has 2 aromatic rings. The van der Waals surface area contributed by atoms with Gasteiger partial charge in [0.2, 0.25) is 11.8 Å². The first-order valence-corrected chi connectivity index (χ1v) is 13.9. The van der Waals surface area contributed by atoms with Gasteiger partial charge >= 0.3 is 0 Å². The molecule has 0 radical (unpaired) electrons. The summed E-state index contributed by atoms with van der Waals surface area (Å²) >= 11 is 7.29. The zero-order valence-corrected chi connectivity index (χ0v) is 22.5. The fraction of sp³-hybridized carbons (Fsp3) is 0.370. The Morgan fingerprint density at radius 2 is 1.92 bits per heavy atom. The van der Waals surface area contributed by atoms with Crippen LogP contribution in [-0.4, -0.2) is 58.6 Å². The minimum absolute atomic E-state index is 0.00847. The van der Waals surface area contributed by atoms with Gasteiger partial charge in [0.05, 0.1) is 30.0 Å². The normalized spacial score (nSPS) is 18.7. The lowest BCUT2D eigenvalue weighted by Gasteiger charge is -2.25. The van der Waals surface area contributed by atoms with Crippen LogP contribution in [0.2, 0.25) is 5.02 Å². The van der Waals surface area contributed by atoms with E-state index in [1.165, 1.54) is 18.4 Å². The molecule has 38 heavy (non-hydrogen) atoms. The molecule has 1 saturated carbocycles. The summed E-state index contributed by atoms with van der Waals surface area (Å²) < 4.78 is 5.14. The minimum atomic E-state index is -0.833. The summed E-state index contributed by atoms with van der Waals surface area (Å²) in [5.41, 5.74) is 1.91. The molecule has 0 unspecified atom stereocenters. The number of halogens is 1. The molecule has 0 saturated heterocycles. The number of amides is 3. The molecule has 2 N–H and O–H groups in total. The van der Waals surface area contributed by atoms with Crippen LogP contribution < -0.4 is 15.4 Å². The third-order valence-corrected chi connectivity index (χ3v) is 7.90. The number of amidine groups is 2. The van der Waals surface area contributed by atoms with Crippen LogP contribution in [0.5, 0.6) is 5.75 Å². The average Bonchev–Trinajstić information content (AvgIpc) is 3.24. The Morgan fingerprint density at radius 1 is 1.13 bits per heavy atom. The van der Waals surface area contributed by atoms with Gasteiger partial charge < -0.3 is 15.4 Å². The molecule has 5 rings (SSSR count). The Morgan fingerprint density at radius 3 is 2.68 bits per heavy atom. The number of nitrogens with one attached hydrogen (secondary N) is 2. The number of hydrogen-bond acceptors (Lipinski definition) is 7. The highest BCUT2D eigenvalue weighted by molar-refractivity contribution is 8.14. The van der Waals surface area contributed by atoms with E-state index in [1.54, 1.807) is 18.2 Å². The lowest BCUT2D eigenvalue weighted by atomic mass is 9.95. The van der Waals surface area contributed by atoms with Gasteiger partial charge in [-0.1, -0.05) is 54.8 Å².